The van der Waals surface area contributed by atoms with Gasteiger partial charge in [-0.1, -0.05) is 17.7 Å². The number of halogens is 1. The Bertz CT molecular complexity index is 902. The van der Waals surface area contributed by atoms with E-state index in [1.165, 1.54) is 0 Å². The number of pyridine rings is 1. The Morgan fingerprint density at radius 2 is 1.75 bits per heavy atom. The maximum Gasteiger partial charge on any atom is 0.231 e. The summed E-state index contributed by atoms with van der Waals surface area (Å²) in [6, 6.07) is 13.6. The number of hydrogen-bond acceptors (Lipinski definition) is 5. The average Bonchev–Trinajstić information content (AvgIpc) is 3.15. The standard InChI is InChI=1S/C21H24ClN5O/c1-26(2)21-25-24-20(27(21)17-10-8-16(22)9-11-17)15-6-12-18(13-7-15)28-19-5-3-4-14-23-19/h3-5,8-11,14-15,18H,6-7,12-13H2,1-2H3/t15-,18-. The molecule has 1 fully saturated rings. The molecule has 0 bridgehead atoms. The SMILES string of the molecule is CN(C)c1nnc([C@H]2CC[C@H](Oc3ccccn3)CC2)n1-c1ccc(Cl)cc1. The van der Waals surface area contributed by atoms with Gasteiger partial charge in [0.25, 0.3) is 0 Å². The molecule has 7 heteroatoms. The third-order valence-corrected chi connectivity index (χ3v) is 5.37. The van der Waals surface area contributed by atoms with E-state index < -0.39 is 0 Å². The molecule has 1 aromatic carbocycles. The van der Waals surface area contributed by atoms with E-state index in [2.05, 4.69) is 19.7 Å². The van der Waals surface area contributed by atoms with Crippen LogP contribution in [0.4, 0.5) is 5.95 Å². The van der Waals surface area contributed by atoms with Gasteiger partial charge in [-0.25, -0.2) is 4.98 Å². The lowest BCUT2D eigenvalue weighted by atomic mass is 9.86. The molecule has 2 heterocycles. The molecular weight excluding hydrogens is 374 g/mol. The zero-order valence-electron chi connectivity index (χ0n) is 16.1. The molecule has 2 aromatic heterocycles. The van der Waals surface area contributed by atoms with Gasteiger partial charge < -0.3 is 9.64 Å². The normalized spacial score (nSPS) is 19.4. The minimum absolute atomic E-state index is 0.200. The molecule has 0 saturated heterocycles. The monoisotopic (exact) mass is 397 g/mol. The molecule has 28 heavy (non-hydrogen) atoms. The fourth-order valence-electron chi connectivity index (χ4n) is 3.71. The van der Waals surface area contributed by atoms with Crippen LogP contribution in [0.1, 0.15) is 37.4 Å². The molecule has 3 aromatic rings. The minimum Gasteiger partial charge on any atom is -0.474 e. The predicted octanol–water partition coefficient (Wildman–Crippen LogP) is 4.49. The first kappa shape index (κ1) is 18.7. The molecule has 6 nitrogen and oxygen atoms in total. The smallest absolute Gasteiger partial charge is 0.231 e. The number of rotatable bonds is 5. The highest BCUT2D eigenvalue weighted by atomic mass is 35.5. The molecule has 0 radical (unpaired) electrons. The van der Waals surface area contributed by atoms with Gasteiger partial charge >= 0.3 is 0 Å². The van der Waals surface area contributed by atoms with Crippen LogP contribution in [0.5, 0.6) is 5.88 Å². The van der Waals surface area contributed by atoms with Crippen molar-refractivity contribution in [2.75, 3.05) is 19.0 Å². The van der Waals surface area contributed by atoms with Crippen molar-refractivity contribution >= 4 is 17.5 Å². The van der Waals surface area contributed by atoms with E-state index in [4.69, 9.17) is 16.3 Å². The zero-order chi connectivity index (χ0) is 19.5. The molecule has 1 aliphatic rings. The third-order valence-electron chi connectivity index (χ3n) is 5.12. The zero-order valence-corrected chi connectivity index (χ0v) is 16.9. The van der Waals surface area contributed by atoms with Gasteiger partial charge in [0.1, 0.15) is 11.9 Å². The van der Waals surface area contributed by atoms with Gasteiger partial charge in [0.05, 0.1) is 5.69 Å². The molecule has 0 aliphatic heterocycles. The Hall–Kier alpha value is -2.60. The Morgan fingerprint density at radius 3 is 2.39 bits per heavy atom. The summed E-state index contributed by atoms with van der Waals surface area (Å²) < 4.78 is 8.17. The first-order valence-electron chi connectivity index (χ1n) is 9.58. The van der Waals surface area contributed by atoms with Gasteiger partial charge in [-0.05, 0) is 56.0 Å². The second kappa shape index (κ2) is 8.19. The van der Waals surface area contributed by atoms with E-state index in [0.29, 0.717) is 11.8 Å². The van der Waals surface area contributed by atoms with Crippen LogP contribution in [0.3, 0.4) is 0 Å². The molecular formula is C21H24ClN5O. The van der Waals surface area contributed by atoms with E-state index in [1.54, 1.807) is 6.20 Å². The maximum atomic E-state index is 6.08. The highest BCUT2D eigenvalue weighted by Crippen LogP contribution is 2.36. The third kappa shape index (κ3) is 3.97. The Kier molecular flexibility index (Phi) is 5.48. The van der Waals surface area contributed by atoms with Crippen molar-refractivity contribution in [2.45, 2.75) is 37.7 Å². The summed E-state index contributed by atoms with van der Waals surface area (Å²) in [5.74, 6) is 2.87. The highest BCUT2D eigenvalue weighted by molar-refractivity contribution is 6.30. The van der Waals surface area contributed by atoms with Crippen LogP contribution in [0.15, 0.2) is 48.7 Å². The molecule has 1 aliphatic carbocycles. The molecule has 146 valence electrons. The minimum atomic E-state index is 0.200. The van der Waals surface area contributed by atoms with Crippen molar-refractivity contribution in [1.29, 1.82) is 0 Å². The number of hydrogen-bond donors (Lipinski definition) is 0. The summed E-state index contributed by atoms with van der Waals surface area (Å²) in [5.41, 5.74) is 1.03. The lowest BCUT2D eigenvalue weighted by Gasteiger charge is -2.28. The molecule has 0 amide bonds. The predicted molar refractivity (Wildman–Crippen MR) is 111 cm³/mol. The van der Waals surface area contributed by atoms with Crippen molar-refractivity contribution in [2.24, 2.45) is 0 Å². The van der Waals surface area contributed by atoms with Gasteiger partial charge in [0, 0.05) is 37.3 Å². The van der Waals surface area contributed by atoms with E-state index in [0.717, 1.165) is 48.2 Å². The second-order valence-corrected chi connectivity index (χ2v) is 7.76. The molecule has 1 saturated carbocycles. The second-order valence-electron chi connectivity index (χ2n) is 7.32. The lowest BCUT2D eigenvalue weighted by Crippen LogP contribution is -2.25. The molecule has 0 N–H and O–H groups in total. The van der Waals surface area contributed by atoms with Crippen molar-refractivity contribution in [3.8, 4) is 11.6 Å². The van der Waals surface area contributed by atoms with Crippen LogP contribution in [-0.2, 0) is 0 Å². The van der Waals surface area contributed by atoms with Crippen molar-refractivity contribution in [1.82, 2.24) is 19.7 Å². The van der Waals surface area contributed by atoms with Gasteiger partial charge in [0.2, 0.25) is 11.8 Å². The fourth-order valence-corrected chi connectivity index (χ4v) is 3.83. The van der Waals surface area contributed by atoms with Gasteiger partial charge in [-0.2, -0.15) is 0 Å². The Labute approximate surface area is 170 Å². The van der Waals surface area contributed by atoms with Crippen LogP contribution in [0.2, 0.25) is 5.02 Å². The van der Waals surface area contributed by atoms with E-state index >= 15 is 0 Å². The lowest BCUT2D eigenvalue weighted by molar-refractivity contribution is 0.139. The van der Waals surface area contributed by atoms with Crippen molar-refractivity contribution in [3.05, 3.63) is 59.5 Å². The summed E-state index contributed by atoms with van der Waals surface area (Å²) >= 11 is 6.08. The van der Waals surface area contributed by atoms with Crippen LogP contribution >= 0.6 is 11.6 Å². The summed E-state index contributed by atoms with van der Waals surface area (Å²) in [5, 5.41) is 9.71. The largest absolute Gasteiger partial charge is 0.474 e. The molecule has 0 atom stereocenters. The fraction of sp³-hybridized carbons (Fsp3) is 0.381. The Balaban J connectivity index is 1.53. The maximum absolute atomic E-state index is 6.08. The van der Waals surface area contributed by atoms with Crippen LogP contribution in [0, 0.1) is 0 Å². The molecule has 4 rings (SSSR count). The number of benzene rings is 1. The van der Waals surface area contributed by atoms with Crippen LogP contribution in [0.25, 0.3) is 5.69 Å². The quantitative estimate of drug-likeness (QED) is 0.635. The average molecular weight is 398 g/mol. The first-order chi connectivity index (χ1) is 13.6. The van der Waals surface area contributed by atoms with Crippen molar-refractivity contribution in [3.63, 3.8) is 0 Å². The van der Waals surface area contributed by atoms with Gasteiger partial charge in [-0.3, -0.25) is 4.57 Å². The summed E-state index contributed by atoms with van der Waals surface area (Å²) in [4.78, 5) is 6.26. The first-order valence-corrected chi connectivity index (χ1v) is 9.96. The topological polar surface area (TPSA) is 56.1 Å². The van der Waals surface area contributed by atoms with Gasteiger partial charge in [0.15, 0.2) is 0 Å². The summed E-state index contributed by atoms with van der Waals surface area (Å²) in [6.45, 7) is 0. The molecule has 0 spiro atoms. The summed E-state index contributed by atoms with van der Waals surface area (Å²) in [6.07, 6.45) is 5.94. The van der Waals surface area contributed by atoms with Crippen LogP contribution < -0.4 is 9.64 Å². The number of ether oxygens (including phenoxy) is 1. The number of anilines is 1. The number of nitrogens with zero attached hydrogens (tertiary/aromatic N) is 5. The van der Waals surface area contributed by atoms with E-state index in [9.17, 15) is 0 Å². The van der Waals surface area contributed by atoms with E-state index in [1.807, 2.05) is 61.5 Å². The van der Waals surface area contributed by atoms with Gasteiger partial charge in [-0.15, -0.1) is 10.2 Å². The highest BCUT2D eigenvalue weighted by Gasteiger charge is 2.29. The van der Waals surface area contributed by atoms with Crippen molar-refractivity contribution < 1.29 is 4.74 Å². The van der Waals surface area contributed by atoms with E-state index in [-0.39, 0.29) is 6.10 Å². The van der Waals surface area contributed by atoms with Crippen LogP contribution in [-0.4, -0.2) is 39.9 Å². The molecule has 0 unspecified atom stereocenters. The summed E-state index contributed by atoms with van der Waals surface area (Å²) in [7, 11) is 3.97. The number of aromatic nitrogens is 4. The Morgan fingerprint density at radius 1 is 1.00 bits per heavy atom.